The Kier molecular flexibility index (Phi) is 7.48. The molecule has 0 fully saturated rings. The lowest BCUT2D eigenvalue weighted by molar-refractivity contribution is 0.241. The molecule has 0 N–H and O–H groups in total. The van der Waals surface area contributed by atoms with Gasteiger partial charge in [-0.1, -0.05) is 23.5 Å². The van der Waals surface area contributed by atoms with Crippen molar-refractivity contribution in [3.63, 3.8) is 0 Å². The Morgan fingerprint density at radius 2 is 1.97 bits per heavy atom. The Balaban J connectivity index is 1.64. The van der Waals surface area contributed by atoms with E-state index in [0.717, 1.165) is 40.8 Å². The highest BCUT2D eigenvalue weighted by Gasteiger charge is 2.11. The number of hydrogen-bond acceptors (Lipinski definition) is 9. The number of nitrogens with zero attached hydrogens (tertiary/aromatic N) is 4. The molecule has 0 saturated heterocycles. The van der Waals surface area contributed by atoms with Crippen molar-refractivity contribution in [3.05, 3.63) is 48.0 Å². The monoisotopic (exact) mass is 448 g/mol. The van der Waals surface area contributed by atoms with Crippen LogP contribution in [0.5, 0.6) is 0 Å². The number of aromatic nitrogens is 1. The Labute approximate surface area is 180 Å². The first kappa shape index (κ1) is 22.3. The van der Waals surface area contributed by atoms with E-state index in [-0.39, 0.29) is 6.61 Å². The Bertz CT molecular complexity index is 1100. The van der Waals surface area contributed by atoms with Crippen molar-refractivity contribution in [2.45, 2.75) is 20.3 Å². The van der Waals surface area contributed by atoms with Gasteiger partial charge in [0.1, 0.15) is 0 Å². The summed E-state index contributed by atoms with van der Waals surface area (Å²) in [5.41, 5.74) is 3.73. The summed E-state index contributed by atoms with van der Waals surface area (Å²) < 4.78 is 32.5. The van der Waals surface area contributed by atoms with Crippen LogP contribution in [0, 0.1) is 6.92 Å². The minimum absolute atomic E-state index is 0.0696. The molecule has 10 heteroatoms. The fraction of sp³-hybridized carbons (Fsp3) is 0.350. The van der Waals surface area contributed by atoms with Crippen LogP contribution in [0.2, 0.25) is 0 Å². The third-order valence-corrected chi connectivity index (χ3v) is 6.24. The van der Waals surface area contributed by atoms with Crippen molar-refractivity contribution in [2.24, 2.45) is 10.2 Å². The summed E-state index contributed by atoms with van der Waals surface area (Å²) in [7, 11) is -2.81. The number of benzene rings is 2. The van der Waals surface area contributed by atoms with Gasteiger partial charge in [0.05, 0.1) is 29.6 Å². The van der Waals surface area contributed by atoms with Crippen molar-refractivity contribution < 1.29 is 16.8 Å². The third-order valence-electron chi connectivity index (χ3n) is 4.46. The number of fused-ring (bicyclic) bond motifs is 1. The summed E-state index contributed by atoms with van der Waals surface area (Å²) in [4.78, 5) is 6.61. The maximum Gasteiger partial charge on any atom is 0.399 e. The van der Waals surface area contributed by atoms with Gasteiger partial charge in [-0.05, 0) is 56.2 Å². The van der Waals surface area contributed by atoms with E-state index in [0.29, 0.717) is 18.1 Å². The second-order valence-electron chi connectivity index (χ2n) is 6.47. The first-order valence-electron chi connectivity index (χ1n) is 9.49. The van der Waals surface area contributed by atoms with Crippen LogP contribution in [-0.2, 0) is 18.8 Å². The van der Waals surface area contributed by atoms with Gasteiger partial charge in [-0.15, -0.1) is 10.2 Å². The van der Waals surface area contributed by atoms with Crippen molar-refractivity contribution in [2.75, 3.05) is 31.7 Å². The van der Waals surface area contributed by atoms with E-state index in [4.69, 9.17) is 4.18 Å². The normalized spacial score (nSPS) is 12.1. The van der Waals surface area contributed by atoms with E-state index in [2.05, 4.69) is 24.3 Å². The molecule has 30 heavy (non-hydrogen) atoms. The summed E-state index contributed by atoms with van der Waals surface area (Å²) in [6.45, 7) is 5.53. The molecule has 0 aliphatic carbocycles. The van der Waals surface area contributed by atoms with Gasteiger partial charge < -0.3 is 4.90 Å². The van der Waals surface area contributed by atoms with Crippen LogP contribution in [-0.4, -0.2) is 40.2 Å². The summed E-state index contributed by atoms with van der Waals surface area (Å²) in [6, 6.07) is 13.9. The smallest absolute Gasteiger partial charge is 0.372 e. The van der Waals surface area contributed by atoms with Gasteiger partial charge in [0.15, 0.2) is 0 Å². The molecule has 160 valence electrons. The zero-order valence-electron chi connectivity index (χ0n) is 17.1. The van der Waals surface area contributed by atoms with E-state index in [1.807, 2.05) is 56.3 Å². The lowest BCUT2D eigenvalue weighted by Crippen LogP contribution is -2.25. The minimum atomic E-state index is -3.88. The highest BCUT2D eigenvalue weighted by molar-refractivity contribution is 7.81. The predicted octanol–water partition coefficient (Wildman–Crippen LogP) is 5.14. The van der Waals surface area contributed by atoms with Crippen LogP contribution in [0.1, 0.15) is 18.9 Å². The highest BCUT2D eigenvalue weighted by Crippen LogP contribution is 2.31. The van der Waals surface area contributed by atoms with Crippen LogP contribution < -0.4 is 4.90 Å². The molecule has 0 aliphatic heterocycles. The van der Waals surface area contributed by atoms with Gasteiger partial charge in [0.2, 0.25) is 5.13 Å². The molecule has 0 aliphatic rings. The molecule has 0 radical (unpaired) electrons. The number of para-hydroxylation sites is 1. The largest absolute Gasteiger partial charge is 0.399 e. The van der Waals surface area contributed by atoms with Gasteiger partial charge in [0, 0.05) is 18.8 Å². The fourth-order valence-corrected chi connectivity index (χ4v) is 4.09. The predicted molar refractivity (Wildman–Crippen MR) is 119 cm³/mol. The molecule has 2 aromatic carbocycles. The average Bonchev–Trinajstić information content (AvgIpc) is 3.16. The molecule has 0 atom stereocenters. The van der Waals surface area contributed by atoms with Gasteiger partial charge in [-0.25, -0.2) is 9.17 Å². The van der Waals surface area contributed by atoms with Gasteiger partial charge in [-0.2, -0.15) is 8.42 Å². The standard InChI is InChI=1S/C20H24N4O4S2/c1-4-24(12-7-13-28-30(25,26)27-3)16-10-11-17(15(2)14-16)22-23-20-21-18-8-5-6-9-19(18)29-20/h5-6,8-11,14H,4,7,12-13H2,1-3H3. The van der Waals surface area contributed by atoms with Crippen molar-refractivity contribution in [1.82, 2.24) is 4.98 Å². The van der Waals surface area contributed by atoms with Gasteiger partial charge >= 0.3 is 10.4 Å². The van der Waals surface area contributed by atoms with Crippen molar-refractivity contribution in [1.29, 1.82) is 0 Å². The maximum absolute atomic E-state index is 11.2. The molecule has 0 unspecified atom stereocenters. The molecule has 8 nitrogen and oxygen atoms in total. The zero-order chi connectivity index (χ0) is 21.6. The number of anilines is 1. The number of aryl methyl sites for hydroxylation is 1. The molecule has 0 bridgehead atoms. The second-order valence-corrected chi connectivity index (χ2v) is 8.86. The SMILES string of the molecule is CCN(CCCOS(=O)(=O)OC)c1ccc(N=Nc2nc3ccccc3s2)c(C)c1. The zero-order valence-corrected chi connectivity index (χ0v) is 18.7. The Morgan fingerprint density at radius 3 is 2.67 bits per heavy atom. The van der Waals surface area contributed by atoms with Crippen molar-refractivity contribution in [3.8, 4) is 0 Å². The Hall–Kier alpha value is -2.40. The molecule has 3 aromatic rings. The lowest BCUT2D eigenvalue weighted by atomic mass is 10.1. The highest BCUT2D eigenvalue weighted by atomic mass is 32.3. The quantitative estimate of drug-likeness (QED) is 0.315. The first-order chi connectivity index (χ1) is 14.4. The summed E-state index contributed by atoms with van der Waals surface area (Å²) >= 11 is 1.51. The molecule has 0 saturated carbocycles. The molecule has 1 heterocycles. The van der Waals surface area contributed by atoms with Crippen LogP contribution in [0.15, 0.2) is 52.7 Å². The molecular formula is C20H24N4O4S2. The van der Waals surface area contributed by atoms with E-state index < -0.39 is 10.4 Å². The van der Waals surface area contributed by atoms with Crippen LogP contribution >= 0.6 is 11.3 Å². The third kappa shape index (κ3) is 5.82. The molecule has 3 rings (SSSR count). The summed E-state index contributed by atoms with van der Waals surface area (Å²) in [6.07, 6.45) is 0.550. The Morgan fingerprint density at radius 1 is 1.17 bits per heavy atom. The van der Waals surface area contributed by atoms with E-state index in [1.165, 1.54) is 11.3 Å². The molecule has 0 spiro atoms. The number of rotatable bonds is 10. The minimum Gasteiger partial charge on any atom is -0.372 e. The average molecular weight is 449 g/mol. The van der Waals surface area contributed by atoms with Crippen molar-refractivity contribution >= 4 is 48.5 Å². The number of hydrogen-bond donors (Lipinski definition) is 0. The molecular weight excluding hydrogens is 424 g/mol. The van der Waals surface area contributed by atoms with E-state index in [1.54, 1.807) is 0 Å². The molecule has 1 aromatic heterocycles. The van der Waals surface area contributed by atoms with Gasteiger partial charge in [-0.3, -0.25) is 4.18 Å². The number of thiazole rings is 1. The van der Waals surface area contributed by atoms with E-state index in [9.17, 15) is 8.42 Å². The first-order valence-corrected chi connectivity index (χ1v) is 11.6. The van der Waals surface area contributed by atoms with Crippen LogP contribution in [0.3, 0.4) is 0 Å². The summed E-state index contributed by atoms with van der Waals surface area (Å²) in [5.74, 6) is 0. The molecule has 0 amide bonds. The van der Waals surface area contributed by atoms with Crippen LogP contribution in [0.25, 0.3) is 10.2 Å². The topological polar surface area (TPSA) is 93.5 Å². The van der Waals surface area contributed by atoms with Crippen LogP contribution in [0.4, 0.5) is 16.5 Å². The number of azo groups is 1. The van der Waals surface area contributed by atoms with Gasteiger partial charge in [0.25, 0.3) is 0 Å². The fourth-order valence-electron chi connectivity index (χ4n) is 2.88. The maximum atomic E-state index is 11.2. The second kappa shape index (κ2) is 10.1. The van der Waals surface area contributed by atoms with E-state index >= 15 is 0 Å². The summed E-state index contributed by atoms with van der Waals surface area (Å²) in [5, 5.41) is 9.28. The lowest BCUT2D eigenvalue weighted by Gasteiger charge is -2.23.